The molecule has 0 radical (unpaired) electrons. The highest BCUT2D eigenvalue weighted by Crippen LogP contribution is 2.17. The summed E-state index contributed by atoms with van der Waals surface area (Å²) in [5.41, 5.74) is 3.88. The van der Waals surface area contributed by atoms with E-state index in [0.717, 1.165) is 13.0 Å². The number of carbonyl (C=O) groups is 1. The van der Waals surface area contributed by atoms with Gasteiger partial charge in [0.05, 0.1) is 0 Å². The summed E-state index contributed by atoms with van der Waals surface area (Å²) in [6.07, 6.45) is 0.913. The Morgan fingerprint density at radius 1 is 1.29 bits per heavy atom. The molecule has 17 heavy (non-hydrogen) atoms. The molecule has 5 heteroatoms. The predicted molar refractivity (Wildman–Crippen MR) is 67.8 cm³/mol. The van der Waals surface area contributed by atoms with Crippen LogP contribution in [0.15, 0.2) is 0 Å². The van der Waals surface area contributed by atoms with Gasteiger partial charge < -0.3 is 15.9 Å². The normalized spacial score (nSPS) is 15.9. The maximum Gasteiger partial charge on any atom is 0.336 e. The smallest absolute Gasteiger partial charge is 0.336 e. The van der Waals surface area contributed by atoms with Gasteiger partial charge in [-0.1, -0.05) is 20.8 Å². The van der Waals surface area contributed by atoms with Crippen molar-refractivity contribution in [2.24, 2.45) is 11.1 Å². The van der Waals surface area contributed by atoms with Crippen LogP contribution >= 0.6 is 0 Å². The van der Waals surface area contributed by atoms with Crippen LogP contribution in [0.3, 0.4) is 0 Å². The second kappa shape index (κ2) is 6.33. The standard InChI is InChI=1S/C12H26N2O3/c1-5-6-14(8-11(2,3)7-13)9-12(4,17)10(15)16/h17H,5-9,13H2,1-4H3,(H,15,16). The van der Waals surface area contributed by atoms with E-state index in [1.807, 2.05) is 25.7 Å². The first kappa shape index (κ1) is 16.4. The van der Waals surface area contributed by atoms with E-state index in [2.05, 4.69) is 0 Å². The molecule has 1 atom stereocenters. The molecule has 0 aromatic carbocycles. The molecule has 0 amide bonds. The molecule has 0 aliphatic rings. The van der Waals surface area contributed by atoms with Crippen LogP contribution in [0.25, 0.3) is 0 Å². The summed E-state index contributed by atoms with van der Waals surface area (Å²) < 4.78 is 0. The van der Waals surface area contributed by atoms with Crippen LogP contribution in [0.1, 0.15) is 34.1 Å². The van der Waals surface area contributed by atoms with Gasteiger partial charge in [-0.2, -0.15) is 0 Å². The number of aliphatic hydroxyl groups is 1. The van der Waals surface area contributed by atoms with Gasteiger partial charge in [0.1, 0.15) is 0 Å². The van der Waals surface area contributed by atoms with Gasteiger partial charge in [0, 0.05) is 13.1 Å². The summed E-state index contributed by atoms with van der Waals surface area (Å²) in [5.74, 6) is -1.19. The largest absolute Gasteiger partial charge is 0.479 e. The fraction of sp³-hybridized carbons (Fsp3) is 0.917. The Morgan fingerprint density at radius 3 is 2.18 bits per heavy atom. The van der Waals surface area contributed by atoms with Crippen LogP contribution in [0.5, 0.6) is 0 Å². The van der Waals surface area contributed by atoms with Crippen molar-refractivity contribution in [3.05, 3.63) is 0 Å². The minimum atomic E-state index is -1.71. The van der Waals surface area contributed by atoms with E-state index < -0.39 is 11.6 Å². The third-order valence-electron chi connectivity index (χ3n) is 2.74. The van der Waals surface area contributed by atoms with Gasteiger partial charge in [-0.15, -0.1) is 0 Å². The lowest BCUT2D eigenvalue weighted by atomic mass is 9.92. The maximum atomic E-state index is 10.9. The quantitative estimate of drug-likeness (QED) is 0.581. The molecule has 0 saturated carbocycles. The number of nitrogens with two attached hydrogens (primary N) is 1. The van der Waals surface area contributed by atoms with E-state index in [1.165, 1.54) is 6.92 Å². The number of hydrogen-bond acceptors (Lipinski definition) is 4. The SMILES string of the molecule is CCCN(CC(C)(C)CN)CC(C)(O)C(=O)O. The second-order valence-electron chi connectivity index (χ2n) is 5.66. The molecule has 5 nitrogen and oxygen atoms in total. The molecule has 0 rings (SSSR count). The van der Waals surface area contributed by atoms with Crippen molar-refractivity contribution in [1.29, 1.82) is 0 Å². The first-order chi connectivity index (χ1) is 7.64. The summed E-state index contributed by atoms with van der Waals surface area (Å²) in [4.78, 5) is 12.9. The zero-order valence-electron chi connectivity index (χ0n) is 11.4. The monoisotopic (exact) mass is 246 g/mol. The molecule has 0 saturated heterocycles. The third kappa shape index (κ3) is 6.00. The topological polar surface area (TPSA) is 86.8 Å². The number of carboxylic acids is 1. The van der Waals surface area contributed by atoms with Crippen LogP contribution in [-0.4, -0.2) is 52.9 Å². The minimum Gasteiger partial charge on any atom is -0.479 e. The first-order valence-corrected chi connectivity index (χ1v) is 6.03. The van der Waals surface area contributed by atoms with Gasteiger partial charge >= 0.3 is 5.97 Å². The fourth-order valence-corrected chi connectivity index (χ4v) is 1.70. The Labute approximate surface area is 104 Å². The molecule has 0 aliphatic heterocycles. The van der Waals surface area contributed by atoms with Gasteiger partial charge in [0.2, 0.25) is 0 Å². The molecule has 0 spiro atoms. The van der Waals surface area contributed by atoms with Crippen LogP contribution < -0.4 is 5.73 Å². The van der Waals surface area contributed by atoms with Crippen molar-refractivity contribution < 1.29 is 15.0 Å². The van der Waals surface area contributed by atoms with Crippen LogP contribution in [-0.2, 0) is 4.79 Å². The van der Waals surface area contributed by atoms with Gasteiger partial charge in [0.25, 0.3) is 0 Å². The average molecular weight is 246 g/mol. The number of carboxylic acid groups (broad SMARTS) is 1. The van der Waals surface area contributed by atoms with Crippen LogP contribution in [0.2, 0.25) is 0 Å². The fourth-order valence-electron chi connectivity index (χ4n) is 1.70. The zero-order chi connectivity index (χ0) is 13.7. The van der Waals surface area contributed by atoms with Gasteiger partial charge in [-0.3, -0.25) is 4.90 Å². The van der Waals surface area contributed by atoms with E-state index in [1.54, 1.807) is 0 Å². The Morgan fingerprint density at radius 2 is 1.82 bits per heavy atom. The first-order valence-electron chi connectivity index (χ1n) is 6.03. The Hall–Kier alpha value is -0.650. The molecule has 0 aromatic heterocycles. The molecule has 0 bridgehead atoms. The molecular formula is C12H26N2O3. The molecule has 4 N–H and O–H groups in total. The van der Waals surface area contributed by atoms with Crippen molar-refractivity contribution in [2.45, 2.75) is 39.7 Å². The summed E-state index contributed by atoms with van der Waals surface area (Å²) in [7, 11) is 0. The second-order valence-corrected chi connectivity index (χ2v) is 5.66. The summed E-state index contributed by atoms with van der Waals surface area (Å²) in [6.45, 7) is 9.51. The number of rotatable bonds is 8. The highest BCUT2D eigenvalue weighted by Gasteiger charge is 2.33. The number of aliphatic carboxylic acids is 1. The maximum absolute atomic E-state index is 10.9. The Balaban J connectivity index is 4.59. The summed E-state index contributed by atoms with van der Waals surface area (Å²) in [5, 5.41) is 18.7. The molecule has 102 valence electrons. The van der Waals surface area contributed by atoms with Crippen molar-refractivity contribution in [1.82, 2.24) is 4.90 Å². The molecule has 0 heterocycles. The molecule has 0 aliphatic carbocycles. The highest BCUT2D eigenvalue weighted by molar-refractivity contribution is 5.76. The zero-order valence-corrected chi connectivity index (χ0v) is 11.4. The van der Waals surface area contributed by atoms with E-state index in [9.17, 15) is 9.90 Å². The highest BCUT2D eigenvalue weighted by atomic mass is 16.4. The molecule has 0 fully saturated rings. The van der Waals surface area contributed by atoms with E-state index in [-0.39, 0.29) is 12.0 Å². The lowest BCUT2D eigenvalue weighted by Crippen LogP contribution is -2.50. The predicted octanol–water partition coefficient (Wildman–Crippen LogP) is 0.519. The van der Waals surface area contributed by atoms with Gasteiger partial charge in [-0.05, 0) is 31.8 Å². The van der Waals surface area contributed by atoms with Crippen LogP contribution in [0, 0.1) is 5.41 Å². The van der Waals surface area contributed by atoms with Crippen molar-refractivity contribution in [2.75, 3.05) is 26.2 Å². The third-order valence-corrected chi connectivity index (χ3v) is 2.74. The molecule has 1 unspecified atom stereocenters. The van der Waals surface area contributed by atoms with Gasteiger partial charge in [-0.25, -0.2) is 4.79 Å². The lowest BCUT2D eigenvalue weighted by molar-refractivity contribution is -0.158. The molecule has 0 aromatic rings. The van der Waals surface area contributed by atoms with E-state index >= 15 is 0 Å². The minimum absolute atomic E-state index is 0.0796. The van der Waals surface area contributed by atoms with Crippen molar-refractivity contribution in [3.63, 3.8) is 0 Å². The van der Waals surface area contributed by atoms with E-state index in [4.69, 9.17) is 10.8 Å². The van der Waals surface area contributed by atoms with Crippen LogP contribution in [0.4, 0.5) is 0 Å². The van der Waals surface area contributed by atoms with Gasteiger partial charge in [0.15, 0.2) is 5.60 Å². The van der Waals surface area contributed by atoms with E-state index in [0.29, 0.717) is 13.1 Å². The Bertz CT molecular complexity index is 252. The number of nitrogens with zero attached hydrogens (tertiary/aromatic N) is 1. The van der Waals surface area contributed by atoms with Crippen molar-refractivity contribution in [3.8, 4) is 0 Å². The number of hydrogen-bond donors (Lipinski definition) is 3. The summed E-state index contributed by atoms with van der Waals surface area (Å²) >= 11 is 0. The molecular weight excluding hydrogens is 220 g/mol. The summed E-state index contributed by atoms with van der Waals surface area (Å²) in [6, 6.07) is 0. The van der Waals surface area contributed by atoms with Crippen molar-refractivity contribution >= 4 is 5.97 Å². The Kier molecular flexibility index (Phi) is 6.09. The lowest BCUT2D eigenvalue weighted by Gasteiger charge is -2.34. The average Bonchev–Trinajstić information content (AvgIpc) is 2.16.